The highest BCUT2D eigenvalue weighted by atomic mass is 19.2. The van der Waals surface area contributed by atoms with Gasteiger partial charge in [-0.1, -0.05) is 0 Å². The van der Waals surface area contributed by atoms with E-state index in [0.717, 1.165) is 0 Å². The molecule has 0 radical (unpaired) electrons. The van der Waals surface area contributed by atoms with Crippen molar-refractivity contribution < 1.29 is 22.9 Å². The maximum atomic E-state index is 12.7. The Morgan fingerprint density at radius 2 is 1.69 bits per heavy atom. The molecule has 5 heteroatoms. The van der Waals surface area contributed by atoms with E-state index in [2.05, 4.69) is 9.78 Å². The molecule has 0 amide bonds. The lowest BCUT2D eigenvalue weighted by Gasteiger charge is -2.03. The molecule has 0 fully saturated rings. The lowest BCUT2D eigenvalue weighted by atomic mass is 10.3. The van der Waals surface area contributed by atoms with Gasteiger partial charge in [-0.2, -0.15) is 4.89 Å². The highest BCUT2D eigenvalue weighted by Gasteiger charge is 2.11. The van der Waals surface area contributed by atoms with E-state index in [1.54, 1.807) is 6.92 Å². The average Bonchev–Trinajstić information content (AvgIpc) is 2.09. The number of benzene rings is 1. The van der Waals surface area contributed by atoms with Crippen LogP contribution in [-0.2, 0) is 4.89 Å². The van der Waals surface area contributed by atoms with E-state index in [4.69, 9.17) is 0 Å². The van der Waals surface area contributed by atoms with Crippen LogP contribution >= 0.6 is 0 Å². The van der Waals surface area contributed by atoms with Crippen molar-refractivity contribution in [1.82, 2.24) is 0 Å². The maximum absolute atomic E-state index is 12.7. The summed E-state index contributed by atoms with van der Waals surface area (Å²) in [6, 6.07) is 0.976. The van der Waals surface area contributed by atoms with Gasteiger partial charge < -0.3 is 4.89 Å². The van der Waals surface area contributed by atoms with Gasteiger partial charge in [0.05, 0.1) is 6.61 Å². The Hall–Kier alpha value is -1.23. The molecule has 0 heterocycles. The summed E-state index contributed by atoms with van der Waals surface area (Å²) in [5.74, 6) is -3.93. The predicted molar refractivity (Wildman–Crippen MR) is 38.6 cm³/mol. The number of hydrogen-bond acceptors (Lipinski definition) is 2. The van der Waals surface area contributed by atoms with E-state index in [0.29, 0.717) is 12.1 Å². The Labute approximate surface area is 72.8 Å². The normalized spacial score (nSPS) is 10.2. The lowest BCUT2D eigenvalue weighted by Crippen LogP contribution is -1.99. The van der Waals surface area contributed by atoms with Gasteiger partial charge in [0, 0.05) is 12.1 Å². The molecule has 0 saturated carbocycles. The zero-order chi connectivity index (χ0) is 9.84. The molecule has 0 aliphatic carbocycles. The van der Waals surface area contributed by atoms with Crippen LogP contribution in [0, 0.1) is 17.5 Å². The molecule has 0 aromatic heterocycles. The van der Waals surface area contributed by atoms with Crippen molar-refractivity contribution in [3.8, 4) is 5.75 Å². The van der Waals surface area contributed by atoms with Crippen LogP contribution in [0.3, 0.4) is 0 Å². The van der Waals surface area contributed by atoms with Crippen LogP contribution in [-0.4, -0.2) is 6.61 Å². The molecule has 0 spiro atoms. The van der Waals surface area contributed by atoms with Gasteiger partial charge >= 0.3 is 0 Å². The molecule has 1 aromatic rings. The predicted octanol–water partition coefficient (Wildman–Crippen LogP) is 2.43. The molecule has 0 saturated heterocycles. The molecule has 0 bridgehead atoms. The summed E-state index contributed by atoms with van der Waals surface area (Å²) in [5, 5.41) is 0. The van der Waals surface area contributed by atoms with Gasteiger partial charge in [-0.15, -0.1) is 0 Å². The molecule has 72 valence electrons. The van der Waals surface area contributed by atoms with Gasteiger partial charge in [-0.3, -0.25) is 0 Å². The zero-order valence-corrected chi connectivity index (χ0v) is 6.81. The fourth-order valence-corrected chi connectivity index (χ4v) is 0.691. The van der Waals surface area contributed by atoms with Gasteiger partial charge in [0.25, 0.3) is 0 Å². The fourth-order valence-electron chi connectivity index (χ4n) is 0.691. The summed E-state index contributed by atoms with van der Waals surface area (Å²) in [5.41, 5.74) is 0. The van der Waals surface area contributed by atoms with Crippen molar-refractivity contribution in [3.05, 3.63) is 29.6 Å². The first kappa shape index (κ1) is 9.85. The minimum absolute atomic E-state index is 0.179. The molecular weight excluding hydrogens is 185 g/mol. The van der Waals surface area contributed by atoms with Crippen LogP contribution in [0.1, 0.15) is 6.92 Å². The molecule has 1 rings (SSSR count). The molecule has 0 unspecified atom stereocenters. The summed E-state index contributed by atoms with van der Waals surface area (Å²) in [6.07, 6.45) is 0. The zero-order valence-electron chi connectivity index (χ0n) is 6.81. The maximum Gasteiger partial charge on any atom is 0.204 e. The topological polar surface area (TPSA) is 18.5 Å². The Morgan fingerprint density at radius 1 is 1.08 bits per heavy atom. The van der Waals surface area contributed by atoms with Crippen LogP contribution in [0.2, 0.25) is 0 Å². The van der Waals surface area contributed by atoms with Gasteiger partial charge in [-0.05, 0) is 6.92 Å². The van der Waals surface area contributed by atoms with Crippen LogP contribution in [0.4, 0.5) is 13.2 Å². The first-order valence-electron chi connectivity index (χ1n) is 3.59. The van der Waals surface area contributed by atoms with Crippen molar-refractivity contribution in [2.45, 2.75) is 6.92 Å². The molecule has 0 N–H and O–H groups in total. The van der Waals surface area contributed by atoms with Gasteiger partial charge in [0.1, 0.15) is 0 Å². The summed E-state index contributed by atoms with van der Waals surface area (Å²) in [4.78, 5) is 8.71. The second-order valence-electron chi connectivity index (χ2n) is 2.19. The van der Waals surface area contributed by atoms with E-state index in [9.17, 15) is 13.2 Å². The highest BCUT2D eigenvalue weighted by molar-refractivity contribution is 5.25. The molecule has 2 nitrogen and oxygen atoms in total. The Balaban J connectivity index is 2.88. The SMILES string of the molecule is CCOOc1cc(F)c(F)cc1F. The monoisotopic (exact) mass is 192 g/mol. The smallest absolute Gasteiger partial charge is 0.204 e. The molecule has 0 atom stereocenters. The van der Waals surface area contributed by atoms with E-state index in [-0.39, 0.29) is 6.61 Å². The standard InChI is InChI=1S/C8H7F3O2/c1-2-12-13-8-4-6(10)5(9)3-7(8)11/h3-4H,2H2,1H3. The highest BCUT2D eigenvalue weighted by Crippen LogP contribution is 2.20. The van der Waals surface area contributed by atoms with E-state index in [1.165, 1.54) is 0 Å². The third kappa shape index (κ3) is 2.35. The molecule has 1 aromatic carbocycles. The average molecular weight is 192 g/mol. The minimum Gasteiger partial charge on any atom is -0.334 e. The van der Waals surface area contributed by atoms with Crippen molar-refractivity contribution >= 4 is 0 Å². The fraction of sp³-hybridized carbons (Fsp3) is 0.250. The van der Waals surface area contributed by atoms with E-state index in [1.807, 2.05) is 0 Å². The Kier molecular flexibility index (Phi) is 3.13. The van der Waals surface area contributed by atoms with Gasteiger partial charge in [-0.25, -0.2) is 13.2 Å². The second-order valence-corrected chi connectivity index (χ2v) is 2.19. The quantitative estimate of drug-likeness (QED) is 0.416. The molecule has 0 aliphatic rings. The first-order chi connectivity index (χ1) is 6.15. The Bertz CT molecular complexity index is 302. The van der Waals surface area contributed by atoms with Crippen LogP contribution in [0.15, 0.2) is 12.1 Å². The van der Waals surface area contributed by atoms with Gasteiger partial charge in [0.15, 0.2) is 17.5 Å². The third-order valence-corrected chi connectivity index (χ3v) is 1.24. The summed E-state index contributed by atoms with van der Waals surface area (Å²) in [6.45, 7) is 1.79. The van der Waals surface area contributed by atoms with Crippen molar-refractivity contribution in [3.63, 3.8) is 0 Å². The van der Waals surface area contributed by atoms with Crippen LogP contribution in [0.25, 0.3) is 0 Å². The van der Waals surface area contributed by atoms with Gasteiger partial charge in [0.2, 0.25) is 5.75 Å². The minimum atomic E-state index is -1.26. The Morgan fingerprint density at radius 3 is 2.31 bits per heavy atom. The summed E-state index contributed by atoms with van der Waals surface area (Å²) < 4.78 is 37.6. The van der Waals surface area contributed by atoms with E-state index < -0.39 is 23.2 Å². The first-order valence-corrected chi connectivity index (χ1v) is 3.59. The molecule has 0 aliphatic heterocycles. The molecular formula is C8H7F3O2. The number of halogens is 3. The van der Waals surface area contributed by atoms with Crippen molar-refractivity contribution in [1.29, 1.82) is 0 Å². The third-order valence-electron chi connectivity index (χ3n) is 1.24. The van der Waals surface area contributed by atoms with Crippen molar-refractivity contribution in [2.75, 3.05) is 6.61 Å². The van der Waals surface area contributed by atoms with Crippen LogP contribution in [0.5, 0.6) is 5.75 Å². The van der Waals surface area contributed by atoms with E-state index >= 15 is 0 Å². The molecule has 13 heavy (non-hydrogen) atoms. The number of rotatable bonds is 3. The number of hydrogen-bond donors (Lipinski definition) is 0. The van der Waals surface area contributed by atoms with Crippen molar-refractivity contribution in [2.24, 2.45) is 0 Å². The van der Waals surface area contributed by atoms with Crippen LogP contribution < -0.4 is 4.89 Å². The lowest BCUT2D eigenvalue weighted by molar-refractivity contribution is -0.204. The largest absolute Gasteiger partial charge is 0.334 e. The summed E-state index contributed by atoms with van der Waals surface area (Å²) in [7, 11) is 0. The summed E-state index contributed by atoms with van der Waals surface area (Å²) >= 11 is 0. The second kappa shape index (κ2) is 4.13.